The lowest BCUT2D eigenvalue weighted by atomic mass is 10.2. The van der Waals surface area contributed by atoms with Crippen LogP contribution < -0.4 is 29.6 Å². The SMILES string of the molecule is CCOc1cccc(CNC(=NC)NCc2ccc(OC)c(OC)c2)c1OC(F)F. The van der Waals surface area contributed by atoms with Gasteiger partial charge in [0.1, 0.15) is 0 Å². The maximum atomic E-state index is 12.9. The molecule has 0 atom stereocenters. The van der Waals surface area contributed by atoms with Gasteiger partial charge < -0.3 is 29.6 Å². The molecule has 2 aromatic rings. The van der Waals surface area contributed by atoms with Crippen molar-refractivity contribution in [3.63, 3.8) is 0 Å². The summed E-state index contributed by atoms with van der Waals surface area (Å²) in [6.45, 7) is -0.149. The van der Waals surface area contributed by atoms with E-state index in [0.29, 0.717) is 36.2 Å². The summed E-state index contributed by atoms with van der Waals surface area (Å²) >= 11 is 0. The van der Waals surface area contributed by atoms with Gasteiger partial charge in [0.15, 0.2) is 29.0 Å². The summed E-state index contributed by atoms with van der Waals surface area (Å²) in [4.78, 5) is 4.16. The van der Waals surface area contributed by atoms with E-state index >= 15 is 0 Å². The van der Waals surface area contributed by atoms with Gasteiger partial charge in [-0.15, -0.1) is 0 Å². The van der Waals surface area contributed by atoms with E-state index in [2.05, 4.69) is 20.4 Å². The van der Waals surface area contributed by atoms with Crippen LogP contribution in [0.4, 0.5) is 8.78 Å². The van der Waals surface area contributed by atoms with Gasteiger partial charge in [0.2, 0.25) is 0 Å². The first-order valence-electron chi connectivity index (χ1n) is 9.37. The molecule has 9 heteroatoms. The van der Waals surface area contributed by atoms with Crippen molar-refractivity contribution in [1.29, 1.82) is 0 Å². The van der Waals surface area contributed by atoms with Crippen LogP contribution in [0.2, 0.25) is 0 Å². The number of ether oxygens (including phenoxy) is 4. The summed E-state index contributed by atoms with van der Waals surface area (Å²) < 4.78 is 46.3. The number of nitrogens with one attached hydrogen (secondary N) is 2. The summed E-state index contributed by atoms with van der Waals surface area (Å²) in [5.74, 6) is 2.04. The minimum Gasteiger partial charge on any atom is -0.493 e. The zero-order chi connectivity index (χ0) is 21.9. The number of hydrogen-bond acceptors (Lipinski definition) is 5. The molecule has 0 spiro atoms. The van der Waals surface area contributed by atoms with Gasteiger partial charge in [-0.25, -0.2) is 0 Å². The predicted molar refractivity (Wildman–Crippen MR) is 111 cm³/mol. The Hall–Kier alpha value is -3.23. The van der Waals surface area contributed by atoms with Gasteiger partial charge in [0, 0.05) is 25.7 Å². The Morgan fingerprint density at radius 1 is 1.00 bits per heavy atom. The van der Waals surface area contributed by atoms with Crippen molar-refractivity contribution < 1.29 is 27.7 Å². The fourth-order valence-electron chi connectivity index (χ4n) is 2.77. The Labute approximate surface area is 175 Å². The quantitative estimate of drug-likeness (QED) is 0.450. The maximum absolute atomic E-state index is 12.9. The first kappa shape index (κ1) is 23.1. The third kappa shape index (κ3) is 6.40. The standard InChI is InChI=1S/C21H27F2N3O4/c1-5-29-17-8-6-7-15(19(17)30-20(22)23)13-26-21(24-2)25-12-14-9-10-16(27-3)18(11-14)28-4/h6-11,20H,5,12-13H2,1-4H3,(H2,24,25,26). The van der Waals surface area contributed by atoms with Gasteiger partial charge in [0.25, 0.3) is 0 Å². The number of benzene rings is 2. The lowest BCUT2D eigenvalue weighted by Crippen LogP contribution is -2.36. The molecule has 7 nitrogen and oxygen atoms in total. The Morgan fingerprint density at radius 2 is 1.73 bits per heavy atom. The van der Waals surface area contributed by atoms with Gasteiger partial charge in [-0.1, -0.05) is 18.2 Å². The van der Waals surface area contributed by atoms with Gasteiger partial charge in [-0.2, -0.15) is 8.78 Å². The van der Waals surface area contributed by atoms with E-state index < -0.39 is 6.61 Å². The fourth-order valence-corrected chi connectivity index (χ4v) is 2.77. The number of nitrogens with zero attached hydrogens (tertiary/aromatic N) is 1. The van der Waals surface area contributed by atoms with Crippen LogP contribution in [0.25, 0.3) is 0 Å². The van der Waals surface area contributed by atoms with E-state index in [1.54, 1.807) is 46.4 Å². The normalized spacial score (nSPS) is 11.2. The highest BCUT2D eigenvalue weighted by atomic mass is 19.3. The number of rotatable bonds is 10. The van der Waals surface area contributed by atoms with Crippen LogP contribution in [0.5, 0.6) is 23.0 Å². The Balaban J connectivity index is 2.05. The Morgan fingerprint density at radius 3 is 2.37 bits per heavy atom. The van der Waals surface area contributed by atoms with Crippen LogP contribution in [0.15, 0.2) is 41.4 Å². The summed E-state index contributed by atoms with van der Waals surface area (Å²) in [5, 5.41) is 6.26. The molecule has 0 unspecified atom stereocenters. The highest BCUT2D eigenvalue weighted by molar-refractivity contribution is 5.79. The molecule has 0 fully saturated rings. The molecule has 0 heterocycles. The highest BCUT2D eigenvalue weighted by Gasteiger charge is 2.16. The monoisotopic (exact) mass is 423 g/mol. The number of methoxy groups -OCH3 is 2. The van der Waals surface area contributed by atoms with E-state index in [4.69, 9.17) is 14.2 Å². The lowest BCUT2D eigenvalue weighted by molar-refractivity contribution is -0.0520. The molecule has 0 bridgehead atoms. The van der Waals surface area contributed by atoms with Crippen molar-refractivity contribution in [2.45, 2.75) is 26.6 Å². The van der Waals surface area contributed by atoms with Crippen LogP contribution in [-0.4, -0.2) is 40.4 Å². The average Bonchev–Trinajstić information content (AvgIpc) is 2.75. The van der Waals surface area contributed by atoms with Gasteiger partial charge >= 0.3 is 6.61 Å². The van der Waals surface area contributed by atoms with Crippen molar-refractivity contribution in [2.75, 3.05) is 27.9 Å². The van der Waals surface area contributed by atoms with Crippen LogP contribution >= 0.6 is 0 Å². The molecule has 164 valence electrons. The van der Waals surface area contributed by atoms with Crippen LogP contribution in [0.3, 0.4) is 0 Å². The van der Waals surface area contributed by atoms with Crippen LogP contribution in [0.1, 0.15) is 18.1 Å². The Kier molecular flexibility index (Phi) is 8.99. The molecule has 0 amide bonds. The summed E-state index contributed by atoms with van der Waals surface area (Å²) in [5.41, 5.74) is 1.48. The minimum atomic E-state index is -2.95. The molecule has 0 radical (unpaired) electrons. The van der Waals surface area contributed by atoms with Crippen molar-refractivity contribution in [1.82, 2.24) is 10.6 Å². The van der Waals surface area contributed by atoms with Gasteiger partial charge in [-0.05, 0) is 30.7 Å². The molecule has 0 aliphatic heterocycles. The third-order valence-corrected chi connectivity index (χ3v) is 4.15. The Bertz CT molecular complexity index is 847. The second-order valence-corrected chi connectivity index (χ2v) is 6.02. The fraction of sp³-hybridized carbons (Fsp3) is 0.381. The molecule has 0 aliphatic rings. The second-order valence-electron chi connectivity index (χ2n) is 6.02. The first-order chi connectivity index (χ1) is 14.5. The minimum absolute atomic E-state index is 0.0113. The largest absolute Gasteiger partial charge is 0.493 e. The van der Waals surface area contributed by atoms with Crippen LogP contribution in [0, 0.1) is 0 Å². The van der Waals surface area contributed by atoms with Gasteiger partial charge in [-0.3, -0.25) is 4.99 Å². The molecule has 0 aromatic heterocycles. The number of aliphatic imine (C=N–C) groups is 1. The molecule has 30 heavy (non-hydrogen) atoms. The zero-order valence-electron chi connectivity index (χ0n) is 17.5. The zero-order valence-corrected chi connectivity index (χ0v) is 17.5. The molecule has 2 rings (SSSR count). The average molecular weight is 423 g/mol. The molecule has 0 saturated carbocycles. The van der Waals surface area contributed by atoms with Gasteiger partial charge in [0.05, 0.1) is 20.8 Å². The molecule has 2 N–H and O–H groups in total. The van der Waals surface area contributed by atoms with E-state index in [9.17, 15) is 8.78 Å². The van der Waals surface area contributed by atoms with Crippen LogP contribution in [-0.2, 0) is 13.1 Å². The number of para-hydroxylation sites is 1. The summed E-state index contributed by atoms with van der Waals surface area (Å²) in [6, 6.07) is 10.6. The second kappa shape index (κ2) is 11.7. The molecule has 0 saturated heterocycles. The number of guanidine groups is 1. The molecule has 2 aromatic carbocycles. The van der Waals surface area contributed by atoms with E-state index in [1.807, 2.05) is 18.2 Å². The topological polar surface area (TPSA) is 73.3 Å². The van der Waals surface area contributed by atoms with Crippen molar-refractivity contribution >= 4 is 5.96 Å². The van der Waals surface area contributed by atoms with E-state index in [1.165, 1.54) is 0 Å². The third-order valence-electron chi connectivity index (χ3n) is 4.15. The van der Waals surface area contributed by atoms with Crippen molar-refractivity contribution in [3.8, 4) is 23.0 Å². The number of hydrogen-bond donors (Lipinski definition) is 2. The number of alkyl halides is 2. The van der Waals surface area contributed by atoms with E-state index in [0.717, 1.165) is 5.56 Å². The van der Waals surface area contributed by atoms with E-state index in [-0.39, 0.29) is 18.0 Å². The number of halogens is 2. The smallest absolute Gasteiger partial charge is 0.387 e. The maximum Gasteiger partial charge on any atom is 0.387 e. The molecule has 0 aliphatic carbocycles. The van der Waals surface area contributed by atoms with Crippen molar-refractivity contribution in [2.24, 2.45) is 4.99 Å². The highest BCUT2D eigenvalue weighted by Crippen LogP contribution is 2.32. The van der Waals surface area contributed by atoms with Crippen molar-refractivity contribution in [3.05, 3.63) is 47.5 Å². The predicted octanol–water partition coefficient (Wildman–Crippen LogP) is 3.57. The lowest BCUT2D eigenvalue weighted by Gasteiger charge is -2.17. The first-order valence-corrected chi connectivity index (χ1v) is 9.37. The summed E-state index contributed by atoms with van der Waals surface area (Å²) in [7, 11) is 4.77. The molecular formula is C21H27F2N3O4. The molecular weight excluding hydrogens is 396 g/mol. The summed E-state index contributed by atoms with van der Waals surface area (Å²) in [6.07, 6.45) is 0.